The zero-order chi connectivity index (χ0) is 9.30. The lowest BCUT2D eigenvalue weighted by Gasteiger charge is -2.33. The van der Waals surface area contributed by atoms with Crippen LogP contribution in [0.2, 0.25) is 0 Å². The van der Waals surface area contributed by atoms with E-state index in [1.54, 1.807) is 0 Å². The summed E-state index contributed by atoms with van der Waals surface area (Å²) in [6.07, 6.45) is 0.233. The Balaban J connectivity index is 2.72. The molecule has 0 spiro atoms. The van der Waals surface area contributed by atoms with Crippen molar-refractivity contribution in [3.05, 3.63) is 0 Å². The standard InChI is InChI=1S/C6H7NO5/c8-3-1-2-7(3)4(5(9)10)6(11)12/h4H,1-2H2,(H,9,10)(H,11,12). The molecule has 0 aromatic rings. The SMILES string of the molecule is O=C(O)C(C(=O)O)N1CCC1=O. The molecule has 6 heteroatoms. The number of rotatable bonds is 3. The van der Waals surface area contributed by atoms with Gasteiger partial charge in [-0.1, -0.05) is 0 Å². The summed E-state index contributed by atoms with van der Waals surface area (Å²) in [6, 6.07) is -1.72. The van der Waals surface area contributed by atoms with Crippen LogP contribution in [-0.2, 0) is 14.4 Å². The molecule has 1 aliphatic heterocycles. The van der Waals surface area contributed by atoms with Crippen LogP contribution < -0.4 is 0 Å². The Kier molecular flexibility index (Phi) is 1.99. The highest BCUT2D eigenvalue weighted by atomic mass is 16.4. The topological polar surface area (TPSA) is 94.9 Å². The van der Waals surface area contributed by atoms with E-state index in [9.17, 15) is 14.4 Å². The van der Waals surface area contributed by atoms with Crippen molar-refractivity contribution in [1.82, 2.24) is 4.90 Å². The van der Waals surface area contributed by atoms with E-state index < -0.39 is 23.9 Å². The minimum absolute atomic E-state index is 0.210. The smallest absolute Gasteiger partial charge is 0.338 e. The van der Waals surface area contributed by atoms with Crippen molar-refractivity contribution in [2.75, 3.05) is 6.54 Å². The van der Waals surface area contributed by atoms with Gasteiger partial charge in [0.25, 0.3) is 0 Å². The van der Waals surface area contributed by atoms with Gasteiger partial charge in [-0.2, -0.15) is 0 Å². The Bertz CT molecular complexity index is 234. The molecule has 6 nitrogen and oxygen atoms in total. The normalized spacial score (nSPS) is 16.1. The molecule has 1 rings (SSSR count). The molecule has 0 saturated carbocycles. The summed E-state index contributed by atoms with van der Waals surface area (Å²) in [4.78, 5) is 32.2. The van der Waals surface area contributed by atoms with Crippen molar-refractivity contribution in [1.29, 1.82) is 0 Å². The minimum Gasteiger partial charge on any atom is -0.479 e. The summed E-state index contributed by atoms with van der Waals surface area (Å²) in [5, 5.41) is 16.8. The van der Waals surface area contributed by atoms with Crippen LogP contribution in [0.25, 0.3) is 0 Å². The lowest BCUT2D eigenvalue weighted by molar-refractivity contribution is -0.166. The molecule has 0 atom stereocenters. The average molecular weight is 173 g/mol. The van der Waals surface area contributed by atoms with Crippen molar-refractivity contribution in [2.45, 2.75) is 12.5 Å². The number of β-lactam (4-membered cyclic amide) rings is 1. The first-order valence-electron chi connectivity index (χ1n) is 3.29. The molecule has 0 radical (unpaired) electrons. The number of aliphatic carboxylic acids is 2. The van der Waals surface area contributed by atoms with Crippen molar-refractivity contribution < 1.29 is 24.6 Å². The van der Waals surface area contributed by atoms with E-state index in [1.807, 2.05) is 0 Å². The third-order valence-electron chi connectivity index (χ3n) is 1.67. The maximum Gasteiger partial charge on any atom is 0.338 e. The van der Waals surface area contributed by atoms with Crippen molar-refractivity contribution >= 4 is 17.8 Å². The van der Waals surface area contributed by atoms with Gasteiger partial charge in [-0.15, -0.1) is 0 Å². The van der Waals surface area contributed by atoms with E-state index in [4.69, 9.17) is 10.2 Å². The van der Waals surface area contributed by atoms with Crippen LogP contribution in [0.1, 0.15) is 6.42 Å². The fraction of sp³-hybridized carbons (Fsp3) is 0.500. The third-order valence-corrected chi connectivity index (χ3v) is 1.67. The largest absolute Gasteiger partial charge is 0.479 e. The van der Waals surface area contributed by atoms with Gasteiger partial charge in [0, 0.05) is 13.0 Å². The maximum absolute atomic E-state index is 10.7. The van der Waals surface area contributed by atoms with Gasteiger partial charge in [0.1, 0.15) is 0 Å². The minimum atomic E-state index is -1.72. The molecule has 0 aromatic heterocycles. The zero-order valence-corrected chi connectivity index (χ0v) is 6.06. The van der Waals surface area contributed by atoms with E-state index in [-0.39, 0.29) is 13.0 Å². The molecule has 1 fully saturated rings. The van der Waals surface area contributed by atoms with Crippen LogP contribution in [-0.4, -0.2) is 45.5 Å². The molecular formula is C6H7NO5. The molecule has 0 aliphatic carbocycles. The predicted octanol–water partition coefficient (Wildman–Crippen LogP) is -1.24. The molecule has 2 N–H and O–H groups in total. The highest BCUT2D eigenvalue weighted by Crippen LogP contribution is 2.13. The van der Waals surface area contributed by atoms with Crippen LogP contribution in [0.3, 0.4) is 0 Å². The average Bonchev–Trinajstić information content (AvgIpc) is 1.95. The number of hydrogen-bond acceptors (Lipinski definition) is 3. The number of likely N-dealkylation sites (tertiary alicyclic amines) is 1. The molecule has 0 aromatic carbocycles. The van der Waals surface area contributed by atoms with Crippen LogP contribution in [0.4, 0.5) is 0 Å². The lowest BCUT2D eigenvalue weighted by atomic mass is 10.1. The summed E-state index contributed by atoms with van der Waals surface area (Å²) in [5.41, 5.74) is 0. The second-order valence-electron chi connectivity index (χ2n) is 2.42. The molecule has 12 heavy (non-hydrogen) atoms. The number of hydrogen-bond donors (Lipinski definition) is 2. The van der Waals surface area contributed by atoms with Gasteiger partial charge in [-0.25, -0.2) is 9.59 Å². The van der Waals surface area contributed by atoms with Gasteiger partial charge < -0.3 is 15.1 Å². The van der Waals surface area contributed by atoms with Gasteiger partial charge in [0.05, 0.1) is 0 Å². The van der Waals surface area contributed by atoms with E-state index in [1.165, 1.54) is 0 Å². The van der Waals surface area contributed by atoms with Gasteiger partial charge in [0.15, 0.2) is 0 Å². The van der Waals surface area contributed by atoms with Gasteiger partial charge in [-0.05, 0) is 0 Å². The van der Waals surface area contributed by atoms with Gasteiger partial charge in [-0.3, -0.25) is 4.79 Å². The Labute approximate surface area is 67.4 Å². The first-order chi connectivity index (χ1) is 5.54. The lowest BCUT2D eigenvalue weighted by Crippen LogP contribution is -2.56. The third kappa shape index (κ3) is 1.23. The Morgan fingerprint density at radius 2 is 1.83 bits per heavy atom. The summed E-state index contributed by atoms with van der Waals surface area (Å²) < 4.78 is 0. The predicted molar refractivity (Wildman–Crippen MR) is 35.4 cm³/mol. The van der Waals surface area contributed by atoms with E-state index >= 15 is 0 Å². The number of carboxylic acid groups (broad SMARTS) is 2. The van der Waals surface area contributed by atoms with Crippen LogP contribution >= 0.6 is 0 Å². The summed E-state index contributed by atoms with van der Waals surface area (Å²) >= 11 is 0. The number of amides is 1. The monoisotopic (exact) mass is 173 g/mol. The highest BCUT2D eigenvalue weighted by molar-refractivity contribution is 6.02. The molecule has 0 bridgehead atoms. The number of carbonyl (C=O) groups is 3. The summed E-state index contributed by atoms with van der Waals surface area (Å²) in [5.74, 6) is -3.43. The summed E-state index contributed by atoms with van der Waals surface area (Å²) in [6.45, 7) is 0.210. The van der Waals surface area contributed by atoms with Gasteiger partial charge in [0.2, 0.25) is 11.9 Å². The first kappa shape index (κ1) is 8.51. The first-order valence-corrected chi connectivity index (χ1v) is 3.29. The molecule has 1 amide bonds. The Hall–Kier alpha value is -1.59. The van der Waals surface area contributed by atoms with E-state index in [2.05, 4.69) is 0 Å². The Morgan fingerprint density at radius 3 is 1.92 bits per heavy atom. The molecule has 1 heterocycles. The maximum atomic E-state index is 10.7. The molecular weight excluding hydrogens is 166 g/mol. The second kappa shape index (κ2) is 2.80. The van der Waals surface area contributed by atoms with Crippen molar-refractivity contribution in [2.24, 2.45) is 0 Å². The molecule has 66 valence electrons. The van der Waals surface area contributed by atoms with Crippen LogP contribution in [0.15, 0.2) is 0 Å². The van der Waals surface area contributed by atoms with E-state index in [0.717, 1.165) is 4.90 Å². The fourth-order valence-electron chi connectivity index (χ4n) is 0.978. The zero-order valence-electron chi connectivity index (χ0n) is 6.06. The Morgan fingerprint density at radius 1 is 1.33 bits per heavy atom. The number of nitrogens with zero attached hydrogens (tertiary/aromatic N) is 1. The quantitative estimate of drug-likeness (QED) is 0.411. The second-order valence-corrected chi connectivity index (χ2v) is 2.42. The van der Waals surface area contributed by atoms with Crippen molar-refractivity contribution in [3.63, 3.8) is 0 Å². The van der Waals surface area contributed by atoms with Crippen molar-refractivity contribution in [3.8, 4) is 0 Å². The van der Waals surface area contributed by atoms with Crippen LogP contribution in [0.5, 0.6) is 0 Å². The number of carbonyl (C=O) groups excluding carboxylic acids is 1. The fourth-order valence-corrected chi connectivity index (χ4v) is 0.978. The molecule has 0 unspecified atom stereocenters. The number of carboxylic acids is 2. The summed E-state index contributed by atoms with van der Waals surface area (Å²) in [7, 11) is 0. The molecule has 1 aliphatic rings. The molecule has 1 saturated heterocycles. The van der Waals surface area contributed by atoms with Gasteiger partial charge >= 0.3 is 11.9 Å². The van der Waals surface area contributed by atoms with Crippen LogP contribution in [0, 0.1) is 0 Å². The van der Waals surface area contributed by atoms with E-state index in [0.29, 0.717) is 0 Å². The highest BCUT2D eigenvalue weighted by Gasteiger charge is 2.40.